The van der Waals surface area contributed by atoms with E-state index in [1.807, 2.05) is 18.2 Å². The number of H-pyrrole nitrogens is 1. The van der Waals surface area contributed by atoms with Crippen molar-refractivity contribution in [2.75, 3.05) is 0 Å². The molecule has 180 valence electrons. The van der Waals surface area contributed by atoms with E-state index in [4.69, 9.17) is 0 Å². The molecule has 2 N–H and O–H groups in total. The number of carbonyl (C=O) groups excluding carboxylic acids is 1. The summed E-state index contributed by atoms with van der Waals surface area (Å²) in [5.74, 6) is -0.920. The molecule has 1 saturated carbocycles. The van der Waals surface area contributed by atoms with Gasteiger partial charge in [0.2, 0.25) is 0 Å². The highest BCUT2D eigenvalue weighted by Gasteiger charge is 2.26. The first kappa shape index (κ1) is 22.8. The Balaban J connectivity index is 1.24. The Labute approximate surface area is 198 Å². The van der Waals surface area contributed by atoms with Crippen molar-refractivity contribution in [1.29, 1.82) is 0 Å². The highest BCUT2D eigenvalue weighted by Crippen LogP contribution is 2.34. The summed E-state index contributed by atoms with van der Waals surface area (Å²) in [6.45, 7) is -2.81. The van der Waals surface area contributed by atoms with Crippen molar-refractivity contribution < 1.29 is 18.0 Å². The van der Waals surface area contributed by atoms with Crippen LogP contribution in [0.1, 0.15) is 54.2 Å². The number of amides is 1. The van der Waals surface area contributed by atoms with Crippen LogP contribution in [0, 0.1) is 5.82 Å². The standard InChI is InChI=1S/C25H22F3N5O2/c26-21-11-15(7-10-18(21)16-12-29-33(13-16)25(27)28)23(34)30-17-8-5-14(6-9-17)22-19-3-1-2-4-20(19)24(35)32-31-22/h1-4,7,10-14,17,25H,5-6,8-9H2,(H,30,34)(H,32,35). The molecule has 0 radical (unpaired) electrons. The van der Waals surface area contributed by atoms with E-state index in [2.05, 4.69) is 20.6 Å². The van der Waals surface area contributed by atoms with Gasteiger partial charge in [0.15, 0.2) is 0 Å². The molecule has 7 nitrogen and oxygen atoms in total. The van der Waals surface area contributed by atoms with E-state index in [0.717, 1.165) is 55.2 Å². The second-order valence-electron chi connectivity index (χ2n) is 8.69. The van der Waals surface area contributed by atoms with Gasteiger partial charge in [0.25, 0.3) is 11.5 Å². The molecule has 35 heavy (non-hydrogen) atoms. The molecule has 0 unspecified atom stereocenters. The maximum absolute atomic E-state index is 14.6. The molecule has 2 heterocycles. The Morgan fingerprint density at radius 3 is 2.51 bits per heavy atom. The topological polar surface area (TPSA) is 92.7 Å². The molecule has 1 fully saturated rings. The molecule has 4 aromatic rings. The fraction of sp³-hybridized carbons (Fsp3) is 0.280. The summed E-state index contributed by atoms with van der Waals surface area (Å²) in [6.07, 6.45) is 5.23. The van der Waals surface area contributed by atoms with Crippen molar-refractivity contribution in [3.8, 4) is 11.1 Å². The highest BCUT2D eigenvalue weighted by atomic mass is 19.3. The molecule has 0 aliphatic heterocycles. The third kappa shape index (κ3) is 4.55. The molecule has 5 rings (SSSR count). The first-order valence-corrected chi connectivity index (χ1v) is 11.3. The van der Waals surface area contributed by atoms with Gasteiger partial charge in [-0.3, -0.25) is 9.59 Å². The molecule has 2 aromatic heterocycles. The average molecular weight is 481 g/mol. The van der Waals surface area contributed by atoms with Crippen LogP contribution < -0.4 is 10.9 Å². The van der Waals surface area contributed by atoms with Crippen LogP contribution in [0.5, 0.6) is 0 Å². The largest absolute Gasteiger partial charge is 0.349 e. The number of aromatic amines is 1. The molecule has 1 aliphatic rings. The van der Waals surface area contributed by atoms with Crippen molar-refractivity contribution in [1.82, 2.24) is 25.3 Å². The number of hydrogen-bond donors (Lipinski definition) is 2. The van der Waals surface area contributed by atoms with E-state index in [1.54, 1.807) is 6.07 Å². The predicted octanol–water partition coefficient (Wildman–Crippen LogP) is 4.78. The number of alkyl halides is 2. The van der Waals surface area contributed by atoms with Crippen molar-refractivity contribution >= 4 is 16.7 Å². The van der Waals surface area contributed by atoms with Gasteiger partial charge in [-0.2, -0.15) is 19.0 Å². The number of fused-ring (bicyclic) bond motifs is 1. The zero-order valence-electron chi connectivity index (χ0n) is 18.5. The minimum atomic E-state index is -2.81. The summed E-state index contributed by atoms with van der Waals surface area (Å²) in [7, 11) is 0. The summed E-state index contributed by atoms with van der Waals surface area (Å²) in [4.78, 5) is 24.8. The number of rotatable bonds is 5. The van der Waals surface area contributed by atoms with Crippen molar-refractivity contribution in [2.45, 2.75) is 44.2 Å². The number of halogens is 3. The van der Waals surface area contributed by atoms with Crippen molar-refractivity contribution in [2.24, 2.45) is 0 Å². The molecule has 1 aliphatic carbocycles. The highest BCUT2D eigenvalue weighted by molar-refractivity contribution is 5.95. The SMILES string of the molecule is O=C(NC1CCC(c2n[nH]c(=O)c3ccccc23)CC1)c1ccc(-c2cnn(C(F)F)c2)c(F)c1. The molecular weight excluding hydrogens is 459 g/mol. The van der Waals surface area contributed by atoms with Gasteiger partial charge in [0.05, 0.1) is 17.3 Å². The number of benzene rings is 2. The van der Waals surface area contributed by atoms with Crippen LogP contribution in [0.4, 0.5) is 13.2 Å². The van der Waals surface area contributed by atoms with Crippen LogP contribution in [0.15, 0.2) is 59.7 Å². The zero-order valence-corrected chi connectivity index (χ0v) is 18.5. The molecule has 2 aromatic carbocycles. The predicted molar refractivity (Wildman–Crippen MR) is 124 cm³/mol. The Hall–Kier alpha value is -3.95. The maximum atomic E-state index is 14.6. The van der Waals surface area contributed by atoms with Crippen LogP contribution in [-0.4, -0.2) is 31.9 Å². The molecule has 1 amide bonds. The van der Waals surface area contributed by atoms with Gasteiger partial charge < -0.3 is 5.32 Å². The molecule has 10 heteroatoms. The Bertz CT molecular complexity index is 1440. The van der Waals surface area contributed by atoms with Crippen molar-refractivity contribution in [3.63, 3.8) is 0 Å². The third-order valence-electron chi connectivity index (χ3n) is 6.52. The quantitative estimate of drug-likeness (QED) is 0.429. The number of aromatic nitrogens is 4. The number of nitrogens with zero attached hydrogens (tertiary/aromatic N) is 3. The molecular formula is C25H22F3N5O2. The number of hydrogen-bond acceptors (Lipinski definition) is 4. The summed E-state index contributed by atoms with van der Waals surface area (Å²) < 4.78 is 40.5. The van der Waals surface area contributed by atoms with E-state index in [1.165, 1.54) is 12.1 Å². The van der Waals surface area contributed by atoms with E-state index in [0.29, 0.717) is 10.1 Å². The van der Waals surface area contributed by atoms with E-state index in [9.17, 15) is 22.8 Å². The minimum absolute atomic E-state index is 0.0696. The van der Waals surface area contributed by atoms with Gasteiger partial charge in [0, 0.05) is 40.2 Å². The lowest BCUT2D eigenvalue weighted by Gasteiger charge is -2.29. The normalized spacial score (nSPS) is 18.2. The number of nitrogens with one attached hydrogen (secondary N) is 2. The summed E-state index contributed by atoms with van der Waals surface area (Å²) >= 11 is 0. The van der Waals surface area contributed by atoms with Gasteiger partial charge in [-0.1, -0.05) is 24.3 Å². The molecule has 0 spiro atoms. The lowest BCUT2D eigenvalue weighted by molar-refractivity contribution is 0.0566. The van der Waals surface area contributed by atoms with Gasteiger partial charge in [-0.25, -0.2) is 14.2 Å². The monoisotopic (exact) mass is 481 g/mol. The van der Waals surface area contributed by atoms with E-state index >= 15 is 0 Å². The molecule has 0 bridgehead atoms. The fourth-order valence-corrected chi connectivity index (χ4v) is 4.70. The fourth-order valence-electron chi connectivity index (χ4n) is 4.70. The first-order valence-electron chi connectivity index (χ1n) is 11.3. The molecule has 0 saturated heterocycles. The van der Waals surface area contributed by atoms with Gasteiger partial charge >= 0.3 is 6.55 Å². The van der Waals surface area contributed by atoms with Crippen LogP contribution in [0.2, 0.25) is 0 Å². The average Bonchev–Trinajstić information content (AvgIpc) is 3.35. The van der Waals surface area contributed by atoms with Gasteiger partial charge in [0.1, 0.15) is 5.82 Å². The second-order valence-corrected chi connectivity index (χ2v) is 8.69. The van der Waals surface area contributed by atoms with Gasteiger partial charge in [-0.05, 0) is 43.9 Å². The summed E-state index contributed by atoms with van der Waals surface area (Å²) in [6, 6.07) is 11.3. The van der Waals surface area contributed by atoms with Crippen LogP contribution >= 0.6 is 0 Å². The van der Waals surface area contributed by atoms with E-state index < -0.39 is 18.3 Å². The van der Waals surface area contributed by atoms with Crippen molar-refractivity contribution in [3.05, 3.63) is 82.3 Å². The number of carbonyl (C=O) groups is 1. The second kappa shape index (κ2) is 9.36. The van der Waals surface area contributed by atoms with Gasteiger partial charge in [-0.15, -0.1) is 0 Å². The summed E-state index contributed by atoms with van der Waals surface area (Å²) in [5.41, 5.74) is 1.10. The zero-order chi connectivity index (χ0) is 24.5. The van der Waals surface area contributed by atoms with Crippen LogP contribution in [0.25, 0.3) is 21.9 Å². The lowest BCUT2D eigenvalue weighted by atomic mass is 9.82. The Morgan fingerprint density at radius 1 is 1.09 bits per heavy atom. The Morgan fingerprint density at radius 2 is 1.83 bits per heavy atom. The minimum Gasteiger partial charge on any atom is -0.349 e. The lowest BCUT2D eigenvalue weighted by Crippen LogP contribution is -2.37. The smallest absolute Gasteiger partial charge is 0.333 e. The maximum Gasteiger partial charge on any atom is 0.333 e. The van der Waals surface area contributed by atoms with Crippen LogP contribution in [-0.2, 0) is 0 Å². The first-order chi connectivity index (χ1) is 16.9. The summed E-state index contributed by atoms with van der Waals surface area (Å²) in [5, 5.41) is 14.8. The molecule has 0 atom stereocenters. The Kier molecular flexibility index (Phi) is 6.10. The third-order valence-corrected chi connectivity index (χ3v) is 6.52. The van der Waals surface area contributed by atoms with Crippen LogP contribution in [0.3, 0.4) is 0 Å². The van der Waals surface area contributed by atoms with E-state index in [-0.39, 0.29) is 34.2 Å².